The van der Waals surface area contributed by atoms with Gasteiger partial charge in [0.05, 0.1) is 10.6 Å². The molecule has 0 unspecified atom stereocenters. The molecular weight excluding hydrogens is 235 g/mol. The number of nitrogens with one attached hydrogen (secondary N) is 2. The van der Waals surface area contributed by atoms with E-state index in [1.54, 1.807) is 18.2 Å². The number of hydrogen-bond donors (Lipinski definition) is 2. The van der Waals surface area contributed by atoms with Crippen LogP contribution >= 0.6 is 23.2 Å². The first-order chi connectivity index (χ1) is 7.15. The van der Waals surface area contributed by atoms with E-state index >= 15 is 0 Å². The van der Waals surface area contributed by atoms with Crippen LogP contribution in [-0.2, 0) is 0 Å². The monoisotopic (exact) mass is 246 g/mol. The van der Waals surface area contributed by atoms with Gasteiger partial charge in [0.15, 0.2) is 0 Å². The second-order valence-corrected chi connectivity index (χ2v) is 3.83. The Hall–Kier alpha value is -0.770. The van der Waals surface area contributed by atoms with Gasteiger partial charge in [0, 0.05) is 18.1 Å². The van der Waals surface area contributed by atoms with Crippen LogP contribution in [0.15, 0.2) is 18.2 Å². The highest BCUT2D eigenvalue weighted by molar-refractivity contribution is 6.35. The summed E-state index contributed by atoms with van der Waals surface area (Å²) in [5.74, 6) is -0.210. The van der Waals surface area contributed by atoms with E-state index in [1.165, 1.54) is 0 Å². The fourth-order valence-corrected chi connectivity index (χ4v) is 1.44. The number of hydrogen-bond acceptors (Lipinski definition) is 2. The number of amides is 1. The van der Waals surface area contributed by atoms with Crippen LogP contribution in [0.5, 0.6) is 0 Å². The van der Waals surface area contributed by atoms with Crippen molar-refractivity contribution in [3.63, 3.8) is 0 Å². The van der Waals surface area contributed by atoms with E-state index in [-0.39, 0.29) is 5.91 Å². The standard InChI is InChI=1S/C10H12Cl2N2O/c1-13-4-5-14-10(15)8-6-7(11)2-3-9(8)12/h2-3,6,13H,4-5H2,1H3,(H,14,15). The van der Waals surface area contributed by atoms with Crippen LogP contribution in [0.2, 0.25) is 10.0 Å². The topological polar surface area (TPSA) is 41.1 Å². The lowest BCUT2D eigenvalue weighted by Gasteiger charge is -2.06. The van der Waals surface area contributed by atoms with Crippen molar-refractivity contribution in [2.45, 2.75) is 0 Å². The first-order valence-electron chi connectivity index (χ1n) is 4.53. The minimum atomic E-state index is -0.210. The third-order valence-electron chi connectivity index (χ3n) is 1.83. The van der Waals surface area contributed by atoms with Gasteiger partial charge in [-0.1, -0.05) is 23.2 Å². The van der Waals surface area contributed by atoms with Crippen molar-refractivity contribution in [1.82, 2.24) is 10.6 Å². The van der Waals surface area contributed by atoms with Crippen molar-refractivity contribution in [3.05, 3.63) is 33.8 Å². The van der Waals surface area contributed by atoms with E-state index in [0.29, 0.717) is 28.7 Å². The Morgan fingerprint density at radius 2 is 2.07 bits per heavy atom. The summed E-state index contributed by atoms with van der Waals surface area (Å²) < 4.78 is 0. The normalized spacial score (nSPS) is 10.1. The van der Waals surface area contributed by atoms with Crippen molar-refractivity contribution in [1.29, 1.82) is 0 Å². The minimum absolute atomic E-state index is 0.210. The van der Waals surface area contributed by atoms with Crippen molar-refractivity contribution >= 4 is 29.1 Å². The Labute approximate surface area is 98.8 Å². The molecule has 0 spiro atoms. The van der Waals surface area contributed by atoms with Crippen LogP contribution in [0.25, 0.3) is 0 Å². The molecule has 0 aliphatic heterocycles. The predicted molar refractivity (Wildman–Crippen MR) is 62.7 cm³/mol. The Balaban J connectivity index is 2.68. The van der Waals surface area contributed by atoms with Crippen LogP contribution in [-0.4, -0.2) is 26.0 Å². The lowest BCUT2D eigenvalue weighted by Crippen LogP contribution is -2.30. The second kappa shape index (κ2) is 5.95. The van der Waals surface area contributed by atoms with Gasteiger partial charge in [0.1, 0.15) is 0 Å². The third-order valence-corrected chi connectivity index (χ3v) is 2.40. The molecule has 3 nitrogen and oxygen atoms in total. The van der Waals surface area contributed by atoms with Gasteiger partial charge in [0.25, 0.3) is 5.91 Å². The molecular formula is C10H12Cl2N2O. The molecule has 0 atom stereocenters. The Morgan fingerprint density at radius 1 is 1.33 bits per heavy atom. The number of benzene rings is 1. The Morgan fingerprint density at radius 3 is 2.73 bits per heavy atom. The summed E-state index contributed by atoms with van der Waals surface area (Å²) in [5, 5.41) is 6.55. The van der Waals surface area contributed by atoms with E-state index in [1.807, 2.05) is 7.05 Å². The lowest BCUT2D eigenvalue weighted by atomic mass is 10.2. The molecule has 1 rings (SSSR count). The van der Waals surface area contributed by atoms with Crippen LogP contribution < -0.4 is 10.6 Å². The summed E-state index contributed by atoms with van der Waals surface area (Å²) in [4.78, 5) is 11.6. The molecule has 0 saturated carbocycles. The maximum absolute atomic E-state index is 11.6. The van der Waals surface area contributed by atoms with Gasteiger partial charge >= 0.3 is 0 Å². The highest BCUT2D eigenvalue weighted by Gasteiger charge is 2.09. The molecule has 0 fully saturated rings. The van der Waals surface area contributed by atoms with Crippen LogP contribution in [0.3, 0.4) is 0 Å². The second-order valence-electron chi connectivity index (χ2n) is 2.98. The maximum atomic E-state index is 11.6. The average molecular weight is 247 g/mol. The third kappa shape index (κ3) is 3.70. The van der Waals surface area contributed by atoms with Crippen LogP contribution in [0.1, 0.15) is 10.4 Å². The fraction of sp³-hybridized carbons (Fsp3) is 0.300. The minimum Gasteiger partial charge on any atom is -0.351 e. The maximum Gasteiger partial charge on any atom is 0.252 e. The summed E-state index contributed by atoms with van der Waals surface area (Å²) >= 11 is 11.6. The fourth-order valence-electron chi connectivity index (χ4n) is 1.07. The molecule has 5 heteroatoms. The van der Waals surface area contributed by atoms with E-state index in [0.717, 1.165) is 0 Å². The molecule has 0 saturated heterocycles. The van der Waals surface area contributed by atoms with Gasteiger partial charge in [0.2, 0.25) is 0 Å². The van der Waals surface area contributed by atoms with Gasteiger partial charge in [-0.2, -0.15) is 0 Å². The zero-order valence-corrected chi connectivity index (χ0v) is 9.82. The van der Waals surface area contributed by atoms with E-state index in [2.05, 4.69) is 10.6 Å². The molecule has 1 aromatic rings. The molecule has 0 aliphatic rings. The molecule has 0 heterocycles. The van der Waals surface area contributed by atoms with Crippen molar-refractivity contribution in [3.8, 4) is 0 Å². The molecule has 2 N–H and O–H groups in total. The van der Waals surface area contributed by atoms with Gasteiger partial charge in [-0.15, -0.1) is 0 Å². The first kappa shape index (κ1) is 12.3. The molecule has 0 bridgehead atoms. The molecule has 82 valence electrons. The zero-order chi connectivity index (χ0) is 11.3. The van der Waals surface area contributed by atoms with Crippen molar-refractivity contribution < 1.29 is 4.79 Å². The summed E-state index contributed by atoms with van der Waals surface area (Å²) in [5.41, 5.74) is 0.403. The van der Waals surface area contributed by atoms with Crippen LogP contribution in [0.4, 0.5) is 0 Å². The van der Waals surface area contributed by atoms with Crippen LogP contribution in [0, 0.1) is 0 Å². The molecule has 1 aromatic carbocycles. The van der Waals surface area contributed by atoms with E-state index in [9.17, 15) is 4.79 Å². The molecule has 0 aliphatic carbocycles. The van der Waals surface area contributed by atoms with E-state index < -0.39 is 0 Å². The molecule has 0 aromatic heterocycles. The lowest BCUT2D eigenvalue weighted by molar-refractivity contribution is 0.0954. The quantitative estimate of drug-likeness (QED) is 0.798. The van der Waals surface area contributed by atoms with Crippen molar-refractivity contribution in [2.75, 3.05) is 20.1 Å². The highest BCUT2D eigenvalue weighted by atomic mass is 35.5. The Bertz CT molecular complexity index is 355. The number of carbonyl (C=O) groups excluding carboxylic acids is 1. The predicted octanol–water partition coefficient (Wildman–Crippen LogP) is 1.94. The van der Waals surface area contributed by atoms with Gasteiger partial charge in [-0.05, 0) is 25.2 Å². The van der Waals surface area contributed by atoms with E-state index in [4.69, 9.17) is 23.2 Å². The number of rotatable bonds is 4. The summed E-state index contributed by atoms with van der Waals surface area (Å²) in [6.07, 6.45) is 0. The molecule has 0 radical (unpaired) electrons. The van der Waals surface area contributed by atoms with Crippen molar-refractivity contribution in [2.24, 2.45) is 0 Å². The number of carbonyl (C=O) groups is 1. The summed E-state index contributed by atoms with van der Waals surface area (Å²) in [6, 6.07) is 4.81. The SMILES string of the molecule is CNCCNC(=O)c1cc(Cl)ccc1Cl. The highest BCUT2D eigenvalue weighted by Crippen LogP contribution is 2.20. The average Bonchev–Trinajstić information content (AvgIpc) is 2.22. The Kier molecular flexibility index (Phi) is 4.88. The van der Waals surface area contributed by atoms with Gasteiger partial charge < -0.3 is 10.6 Å². The smallest absolute Gasteiger partial charge is 0.252 e. The number of likely N-dealkylation sites (N-methyl/N-ethyl adjacent to an activating group) is 1. The largest absolute Gasteiger partial charge is 0.351 e. The number of halogens is 2. The zero-order valence-electron chi connectivity index (χ0n) is 8.31. The molecule has 15 heavy (non-hydrogen) atoms. The van der Waals surface area contributed by atoms with Gasteiger partial charge in [-0.3, -0.25) is 4.79 Å². The summed E-state index contributed by atoms with van der Waals surface area (Å²) in [6.45, 7) is 1.27. The van der Waals surface area contributed by atoms with Gasteiger partial charge in [-0.25, -0.2) is 0 Å². The molecule has 1 amide bonds. The summed E-state index contributed by atoms with van der Waals surface area (Å²) in [7, 11) is 1.82. The first-order valence-corrected chi connectivity index (χ1v) is 5.28.